The molecule has 0 atom stereocenters. The standard InChI is InChI=1S/C6H9O3/c1-3-9-4-5(2)6(7)8/h1-4H2,(H,7,8). The van der Waals surface area contributed by atoms with Crippen molar-refractivity contribution in [3.8, 4) is 0 Å². The molecule has 1 N–H and O–H groups in total. The monoisotopic (exact) mass is 129 g/mol. The molecule has 1 radical (unpaired) electrons. The second-order valence-corrected chi connectivity index (χ2v) is 1.46. The van der Waals surface area contributed by atoms with Crippen LogP contribution >= 0.6 is 0 Å². The molecule has 0 heterocycles. The van der Waals surface area contributed by atoms with Gasteiger partial charge in [0.15, 0.2) is 0 Å². The van der Waals surface area contributed by atoms with Crippen molar-refractivity contribution >= 4 is 5.97 Å². The Morgan fingerprint density at radius 1 is 1.67 bits per heavy atom. The summed E-state index contributed by atoms with van der Waals surface area (Å²) in [6.07, 6.45) is 0. The minimum absolute atomic E-state index is 0.0543. The fourth-order valence-electron chi connectivity index (χ4n) is 0.257. The van der Waals surface area contributed by atoms with E-state index in [1.54, 1.807) is 0 Å². The van der Waals surface area contributed by atoms with Crippen molar-refractivity contribution in [2.45, 2.75) is 0 Å². The van der Waals surface area contributed by atoms with E-state index in [9.17, 15) is 4.79 Å². The van der Waals surface area contributed by atoms with Gasteiger partial charge in [0.2, 0.25) is 0 Å². The van der Waals surface area contributed by atoms with Crippen LogP contribution in [-0.4, -0.2) is 24.3 Å². The van der Waals surface area contributed by atoms with Crippen LogP contribution in [-0.2, 0) is 9.53 Å². The van der Waals surface area contributed by atoms with Crippen LogP contribution in [0.25, 0.3) is 0 Å². The number of ether oxygens (including phenoxy) is 1. The molecule has 51 valence electrons. The van der Waals surface area contributed by atoms with Crippen LogP contribution in [0.2, 0.25) is 0 Å². The Balaban J connectivity index is 3.39. The highest BCUT2D eigenvalue weighted by Gasteiger charge is 2.01. The van der Waals surface area contributed by atoms with Gasteiger partial charge in [-0.25, -0.2) is 4.79 Å². The summed E-state index contributed by atoms with van der Waals surface area (Å²) in [6.45, 7) is 6.92. The zero-order valence-corrected chi connectivity index (χ0v) is 5.09. The zero-order chi connectivity index (χ0) is 7.28. The number of rotatable bonds is 4. The van der Waals surface area contributed by atoms with Crippen molar-refractivity contribution in [2.24, 2.45) is 0 Å². The number of hydrogen-bond acceptors (Lipinski definition) is 2. The quantitative estimate of drug-likeness (QED) is 0.561. The van der Waals surface area contributed by atoms with Crippen LogP contribution in [0, 0.1) is 6.92 Å². The van der Waals surface area contributed by atoms with E-state index in [-0.39, 0.29) is 18.8 Å². The normalized spacial score (nSPS) is 9.00. The predicted octanol–water partition coefficient (Wildman–Crippen LogP) is 0.478. The lowest BCUT2D eigenvalue weighted by Gasteiger charge is -1.97. The number of carboxylic acid groups (broad SMARTS) is 1. The van der Waals surface area contributed by atoms with Gasteiger partial charge in [-0.05, 0) is 6.92 Å². The van der Waals surface area contributed by atoms with Crippen molar-refractivity contribution in [1.82, 2.24) is 0 Å². The summed E-state index contributed by atoms with van der Waals surface area (Å²) in [6, 6.07) is 0. The SMILES string of the molecule is [CH2]COCC(=C)C(=O)O. The van der Waals surface area contributed by atoms with Gasteiger partial charge in [0.1, 0.15) is 0 Å². The fraction of sp³-hybridized carbons (Fsp3) is 0.333. The molecule has 0 spiro atoms. The molecule has 0 aliphatic heterocycles. The van der Waals surface area contributed by atoms with Gasteiger partial charge in [-0.15, -0.1) is 0 Å². The molecular weight excluding hydrogens is 120 g/mol. The number of carboxylic acids is 1. The Hall–Kier alpha value is -0.830. The summed E-state index contributed by atoms with van der Waals surface area (Å²) >= 11 is 0. The van der Waals surface area contributed by atoms with Crippen LogP contribution < -0.4 is 0 Å². The largest absolute Gasteiger partial charge is 0.478 e. The molecule has 0 aliphatic rings. The molecule has 0 aromatic heterocycles. The van der Waals surface area contributed by atoms with E-state index >= 15 is 0 Å². The molecule has 0 aromatic carbocycles. The van der Waals surface area contributed by atoms with Crippen molar-refractivity contribution in [2.75, 3.05) is 13.2 Å². The zero-order valence-electron chi connectivity index (χ0n) is 5.09. The molecule has 0 saturated heterocycles. The average molecular weight is 129 g/mol. The molecule has 0 bridgehead atoms. The minimum Gasteiger partial charge on any atom is -0.478 e. The first kappa shape index (κ1) is 8.17. The van der Waals surface area contributed by atoms with Gasteiger partial charge < -0.3 is 9.84 Å². The third kappa shape index (κ3) is 3.73. The van der Waals surface area contributed by atoms with Gasteiger partial charge >= 0.3 is 5.97 Å². The highest BCUT2D eigenvalue weighted by atomic mass is 16.5. The molecular formula is C6H9O3. The Morgan fingerprint density at radius 2 is 2.22 bits per heavy atom. The van der Waals surface area contributed by atoms with E-state index in [1.165, 1.54) is 0 Å². The van der Waals surface area contributed by atoms with E-state index in [0.717, 1.165) is 0 Å². The summed E-state index contributed by atoms with van der Waals surface area (Å²) < 4.78 is 4.67. The van der Waals surface area contributed by atoms with E-state index in [2.05, 4.69) is 18.2 Å². The smallest absolute Gasteiger partial charge is 0.333 e. The predicted molar refractivity (Wildman–Crippen MR) is 33.0 cm³/mol. The van der Waals surface area contributed by atoms with Crippen LogP contribution in [0.15, 0.2) is 12.2 Å². The summed E-state index contributed by atoms with van der Waals surface area (Å²) in [5.74, 6) is -1.02. The Morgan fingerprint density at radius 3 is 2.56 bits per heavy atom. The Labute approximate surface area is 53.9 Å². The fourth-order valence-corrected chi connectivity index (χ4v) is 0.257. The van der Waals surface area contributed by atoms with Crippen molar-refractivity contribution in [3.63, 3.8) is 0 Å². The third-order valence-electron chi connectivity index (χ3n) is 0.723. The first-order chi connectivity index (χ1) is 4.18. The Kier molecular flexibility index (Phi) is 3.71. The highest BCUT2D eigenvalue weighted by Crippen LogP contribution is 1.89. The topological polar surface area (TPSA) is 46.5 Å². The van der Waals surface area contributed by atoms with Gasteiger partial charge in [0.25, 0.3) is 0 Å². The summed E-state index contributed by atoms with van der Waals surface area (Å²) in [5.41, 5.74) is 0.0543. The van der Waals surface area contributed by atoms with Crippen molar-refractivity contribution in [1.29, 1.82) is 0 Å². The minimum atomic E-state index is -1.02. The maximum Gasteiger partial charge on any atom is 0.333 e. The molecule has 0 amide bonds. The van der Waals surface area contributed by atoms with Crippen LogP contribution in [0.1, 0.15) is 0 Å². The van der Waals surface area contributed by atoms with Gasteiger partial charge in [-0.1, -0.05) is 6.58 Å². The first-order valence-electron chi connectivity index (χ1n) is 2.46. The first-order valence-corrected chi connectivity index (χ1v) is 2.46. The summed E-state index contributed by atoms with van der Waals surface area (Å²) in [7, 11) is 0. The summed E-state index contributed by atoms with van der Waals surface area (Å²) in [5, 5.41) is 8.21. The molecule has 0 unspecified atom stereocenters. The molecule has 9 heavy (non-hydrogen) atoms. The molecule has 0 fully saturated rings. The van der Waals surface area contributed by atoms with Crippen LogP contribution in [0.4, 0.5) is 0 Å². The third-order valence-corrected chi connectivity index (χ3v) is 0.723. The molecule has 0 saturated carbocycles. The average Bonchev–Trinajstić information content (AvgIpc) is 1.82. The van der Waals surface area contributed by atoms with Gasteiger partial charge in [0, 0.05) is 6.61 Å². The van der Waals surface area contributed by atoms with Gasteiger partial charge in [0.05, 0.1) is 12.2 Å². The Bertz CT molecular complexity index is 117. The molecule has 0 rings (SSSR count). The summed E-state index contributed by atoms with van der Waals surface area (Å²) in [4.78, 5) is 10.0. The van der Waals surface area contributed by atoms with E-state index in [1.807, 2.05) is 0 Å². The highest BCUT2D eigenvalue weighted by molar-refractivity contribution is 5.85. The lowest BCUT2D eigenvalue weighted by atomic mass is 10.3. The van der Waals surface area contributed by atoms with Gasteiger partial charge in [-0.3, -0.25) is 0 Å². The molecule has 3 heteroatoms. The van der Waals surface area contributed by atoms with E-state index in [4.69, 9.17) is 5.11 Å². The number of hydrogen-bond donors (Lipinski definition) is 1. The number of carbonyl (C=O) groups is 1. The second-order valence-electron chi connectivity index (χ2n) is 1.46. The molecule has 0 aliphatic carbocycles. The van der Waals surface area contributed by atoms with E-state index < -0.39 is 5.97 Å². The maximum absolute atomic E-state index is 10.0. The van der Waals surface area contributed by atoms with E-state index in [0.29, 0.717) is 0 Å². The second kappa shape index (κ2) is 4.09. The lowest BCUT2D eigenvalue weighted by Crippen LogP contribution is -2.06. The molecule has 0 aromatic rings. The maximum atomic E-state index is 10.0. The van der Waals surface area contributed by atoms with Crippen molar-refractivity contribution in [3.05, 3.63) is 19.1 Å². The van der Waals surface area contributed by atoms with Gasteiger partial charge in [-0.2, -0.15) is 0 Å². The number of aliphatic carboxylic acids is 1. The van der Waals surface area contributed by atoms with Crippen LogP contribution in [0.3, 0.4) is 0 Å². The lowest BCUT2D eigenvalue weighted by molar-refractivity contribution is -0.133. The van der Waals surface area contributed by atoms with Crippen molar-refractivity contribution < 1.29 is 14.6 Å². The van der Waals surface area contributed by atoms with Crippen LogP contribution in [0.5, 0.6) is 0 Å². The molecule has 3 nitrogen and oxygen atoms in total.